The van der Waals surface area contributed by atoms with E-state index < -0.39 is 0 Å². The zero-order valence-electron chi connectivity index (χ0n) is 17.5. The molecule has 3 aromatic rings. The van der Waals surface area contributed by atoms with Gasteiger partial charge in [-0.2, -0.15) is 5.10 Å². The van der Waals surface area contributed by atoms with Crippen molar-refractivity contribution in [2.24, 2.45) is 5.10 Å². The van der Waals surface area contributed by atoms with E-state index in [0.29, 0.717) is 40.2 Å². The van der Waals surface area contributed by atoms with Crippen molar-refractivity contribution >= 4 is 23.2 Å². The highest BCUT2D eigenvalue weighted by atomic mass is 35.5. The smallest absolute Gasteiger partial charge is 0.271 e. The molecular formula is C24H23ClN2O4. The summed E-state index contributed by atoms with van der Waals surface area (Å²) in [5.41, 5.74) is 5.50. The van der Waals surface area contributed by atoms with E-state index >= 15 is 0 Å². The molecule has 160 valence electrons. The highest BCUT2D eigenvalue weighted by Crippen LogP contribution is 2.27. The van der Waals surface area contributed by atoms with Gasteiger partial charge >= 0.3 is 0 Å². The summed E-state index contributed by atoms with van der Waals surface area (Å²) in [6.45, 7) is 2.22. The summed E-state index contributed by atoms with van der Waals surface area (Å²) in [5, 5.41) is 4.87. The van der Waals surface area contributed by atoms with Crippen LogP contribution in [0.4, 0.5) is 0 Å². The van der Waals surface area contributed by atoms with Crippen LogP contribution in [0.25, 0.3) is 0 Å². The largest absolute Gasteiger partial charge is 0.493 e. The van der Waals surface area contributed by atoms with E-state index in [4.69, 9.17) is 25.8 Å². The summed E-state index contributed by atoms with van der Waals surface area (Å²) in [6.07, 6.45) is 0. The number of rotatable bonds is 8. The number of carbonyl (C=O) groups excluding carboxylic acids is 1. The number of hydrogen-bond acceptors (Lipinski definition) is 5. The van der Waals surface area contributed by atoms with E-state index in [1.54, 1.807) is 57.5 Å². The van der Waals surface area contributed by atoms with Crippen molar-refractivity contribution in [2.75, 3.05) is 14.2 Å². The molecule has 0 spiro atoms. The van der Waals surface area contributed by atoms with Gasteiger partial charge in [0.2, 0.25) is 0 Å². The average Bonchev–Trinajstić information content (AvgIpc) is 2.81. The summed E-state index contributed by atoms with van der Waals surface area (Å²) in [5.74, 6) is 1.57. The number of methoxy groups -OCH3 is 2. The Morgan fingerprint density at radius 2 is 1.55 bits per heavy atom. The highest BCUT2D eigenvalue weighted by molar-refractivity contribution is 6.30. The first-order valence-electron chi connectivity index (χ1n) is 9.54. The van der Waals surface area contributed by atoms with Crippen molar-refractivity contribution in [2.45, 2.75) is 13.5 Å². The van der Waals surface area contributed by atoms with Crippen molar-refractivity contribution in [3.63, 3.8) is 0 Å². The fourth-order valence-corrected chi connectivity index (χ4v) is 2.90. The number of amides is 1. The summed E-state index contributed by atoms with van der Waals surface area (Å²) in [6, 6.07) is 19.8. The van der Waals surface area contributed by atoms with Gasteiger partial charge in [0.25, 0.3) is 5.91 Å². The van der Waals surface area contributed by atoms with E-state index in [1.807, 2.05) is 30.3 Å². The minimum absolute atomic E-state index is 0.316. The molecular weight excluding hydrogens is 416 g/mol. The molecule has 7 heteroatoms. The first-order chi connectivity index (χ1) is 15.0. The fraction of sp³-hybridized carbons (Fsp3) is 0.167. The van der Waals surface area contributed by atoms with Gasteiger partial charge in [-0.15, -0.1) is 0 Å². The SMILES string of the molecule is COc1ccc(/C(C)=N\NC(=O)c2ccc(OCc3ccc(Cl)cc3)cc2)cc1OC. The monoisotopic (exact) mass is 438 g/mol. The standard InChI is InChI=1S/C24H23ClN2O4/c1-16(19-8-13-22(29-2)23(14-19)30-3)26-27-24(28)18-6-11-21(12-7-18)31-15-17-4-9-20(25)10-5-17/h4-14H,15H2,1-3H3,(H,27,28)/b26-16-. The summed E-state index contributed by atoms with van der Waals surface area (Å²) in [7, 11) is 3.14. The first kappa shape index (κ1) is 22.2. The van der Waals surface area contributed by atoms with Gasteiger partial charge in [-0.3, -0.25) is 4.79 Å². The van der Waals surface area contributed by atoms with Crippen molar-refractivity contribution in [3.8, 4) is 17.2 Å². The third-order valence-corrected chi connectivity index (χ3v) is 4.81. The molecule has 0 aliphatic rings. The second kappa shape index (κ2) is 10.5. The van der Waals surface area contributed by atoms with E-state index in [9.17, 15) is 4.79 Å². The Morgan fingerprint density at radius 1 is 0.903 bits per heavy atom. The molecule has 0 saturated carbocycles. The number of halogens is 1. The van der Waals surface area contributed by atoms with Gasteiger partial charge in [0.1, 0.15) is 12.4 Å². The van der Waals surface area contributed by atoms with Gasteiger partial charge in [0.15, 0.2) is 11.5 Å². The van der Waals surface area contributed by atoms with Crippen LogP contribution in [0.2, 0.25) is 5.02 Å². The molecule has 0 heterocycles. The normalized spacial score (nSPS) is 11.0. The second-order valence-corrected chi connectivity index (χ2v) is 7.08. The topological polar surface area (TPSA) is 69.2 Å². The Morgan fingerprint density at radius 3 is 2.19 bits per heavy atom. The van der Waals surface area contributed by atoms with Gasteiger partial charge in [-0.05, 0) is 67.1 Å². The number of nitrogens with one attached hydrogen (secondary N) is 1. The number of ether oxygens (including phenoxy) is 3. The zero-order valence-corrected chi connectivity index (χ0v) is 18.3. The van der Waals surface area contributed by atoms with Crippen LogP contribution in [0, 0.1) is 0 Å². The number of carbonyl (C=O) groups is 1. The lowest BCUT2D eigenvalue weighted by Gasteiger charge is -2.10. The van der Waals surface area contributed by atoms with Gasteiger partial charge < -0.3 is 14.2 Å². The molecule has 0 fully saturated rings. The third-order valence-electron chi connectivity index (χ3n) is 4.56. The molecule has 3 rings (SSSR count). The van der Waals surface area contributed by atoms with Gasteiger partial charge in [0.05, 0.1) is 19.9 Å². The summed E-state index contributed by atoms with van der Waals surface area (Å²) in [4.78, 5) is 12.4. The van der Waals surface area contributed by atoms with Crippen molar-refractivity contribution in [3.05, 3.63) is 88.4 Å². The van der Waals surface area contributed by atoms with Crippen LogP contribution in [-0.2, 0) is 6.61 Å². The number of hydrogen-bond donors (Lipinski definition) is 1. The third kappa shape index (κ3) is 5.99. The predicted molar refractivity (Wildman–Crippen MR) is 121 cm³/mol. The molecule has 3 aromatic carbocycles. The van der Waals surface area contributed by atoms with Gasteiger partial charge in [0, 0.05) is 16.1 Å². The molecule has 0 unspecified atom stereocenters. The molecule has 1 amide bonds. The van der Waals surface area contributed by atoms with Crippen LogP contribution in [-0.4, -0.2) is 25.8 Å². The summed E-state index contributed by atoms with van der Waals surface area (Å²) < 4.78 is 16.3. The second-order valence-electron chi connectivity index (χ2n) is 6.65. The maximum atomic E-state index is 12.4. The van der Waals surface area contributed by atoms with Crippen LogP contribution in [0.15, 0.2) is 71.8 Å². The molecule has 0 aromatic heterocycles. The molecule has 6 nitrogen and oxygen atoms in total. The van der Waals surface area contributed by atoms with Crippen LogP contribution in [0.1, 0.15) is 28.4 Å². The lowest BCUT2D eigenvalue weighted by Crippen LogP contribution is -2.19. The molecule has 31 heavy (non-hydrogen) atoms. The Bertz CT molecular complexity index is 1060. The molecule has 0 saturated heterocycles. The Labute approximate surface area is 186 Å². The Balaban J connectivity index is 1.59. The lowest BCUT2D eigenvalue weighted by atomic mass is 10.1. The number of hydrazone groups is 1. The maximum Gasteiger partial charge on any atom is 0.271 e. The molecule has 0 aliphatic carbocycles. The van der Waals surface area contributed by atoms with Crippen molar-refractivity contribution < 1.29 is 19.0 Å². The predicted octanol–water partition coefficient (Wildman–Crippen LogP) is 5.09. The van der Waals surface area contributed by atoms with Crippen LogP contribution >= 0.6 is 11.6 Å². The van der Waals surface area contributed by atoms with E-state index in [2.05, 4.69) is 10.5 Å². The summed E-state index contributed by atoms with van der Waals surface area (Å²) >= 11 is 5.88. The van der Waals surface area contributed by atoms with Crippen molar-refractivity contribution in [1.82, 2.24) is 5.43 Å². The molecule has 0 bridgehead atoms. The minimum Gasteiger partial charge on any atom is -0.493 e. The van der Waals surface area contributed by atoms with E-state index in [0.717, 1.165) is 11.1 Å². The van der Waals surface area contributed by atoms with E-state index in [1.165, 1.54) is 0 Å². The Kier molecular flexibility index (Phi) is 7.51. The van der Waals surface area contributed by atoms with Crippen LogP contribution in [0.5, 0.6) is 17.2 Å². The molecule has 0 atom stereocenters. The molecule has 0 aliphatic heterocycles. The fourth-order valence-electron chi connectivity index (χ4n) is 2.77. The van der Waals surface area contributed by atoms with Crippen LogP contribution < -0.4 is 19.6 Å². The number of nitrogens with zero attached hydrogens (tertiary/aromatic N) is 1. The molecule has 0 radical (unpaired) electrons. The highest BCUT2D eigenvalue weighted by Gasteiger charge is 2.08. The average molecular weight is 439 g/mol. The number of benzene rings is 3. The first-order valence-corrected chi connectivity index (χ1v) is 9.92. The van der Waals surface area contributed by atoms with Gasteiger partial charge in [-0.1, -0.05) is 23.7 Å². The van der Waals surface area contributed by atoms with Crippen molar-refractivity contribution in [1.29, 1.82) is 0 Å². The maximum absolute atomic E-state index is 12.4. The molecule has 1 N–H and O–H groups in total. The lowest BCUT2D eigenvalue weighted by molar-refractivity contribution is 0.0955. The Hall–Kier alpha value is -3.51. The van der Waals surface area contributed by atoms with Crippen LogP contribution in [0.3, 0.4) is 0 Å². The van der Waals surface area contributed by atoms with E-state index in [-0.39, 0.29) is 5.91 Å². The van der Waals surface area contributed by atoms with Gasteiger partial charge in [-0.25, -0.2) is 5.43 Å². The zero-order chi connectivity index (χ0) is 22.2. The quantitative estimate of drug-likeness (QED) is 0.393. The minimum atomic E-state index is -0.316.